The minimum Gasteiger partial charge on any atom is -0.493 e. The third kappa shape index (κ3) is 4.05. The number of benzene rings is 3. The fourth-order valence-corrected chi connectivity index (χ4v) is 4.64. The highest BCUT2D eigenvalue weighted by molar-refractivity contribution is 6.02. The lowest BCUT2D eigenvalue weighted by atomic mass is 9.95. The molecule has 2 aliphatic heterocycles. The highest BCUT2D eigenvalue weighted by Gasteiger charge is 2.41. The predicted molar refractivity (Wildman–Crippen MR) is 132 cm³/mol. The van der Waals surface area contributed by atoms with Crippen molar-refractivity contribution in [3.8, 4) is 17.2 Å². The molecule has 0 unspecified atom stereocenters. The average molecular weight is 474 g/mol. The minimum absolute atomic E-state index is 0.0339. The van der Waals surface area contributed by atoms with Gasteiger partial charge in [0.25, 0.3) is 5.69 Å². The maximum absolute atomic E-state index is 11.5. The van der Waals surface area contributed by atoms with Crippen LogP contribution in [0.1, 0.15) is 60.7 Å². The van der Waals surface area contributed by atoms with Gasteiger partial charge in [0, 0.05) is 35.2 Å². The first-order valence-electron chi connectivity index (χ1n) is 11.5. The topological polar surface area (TPSA) is 86.4 Å². The Balaban J connectivity index is 1.58. The minimum atomic E-state index is -0.451. The average Bonchev–Trinajstić information content (AvgIpc) is 3.33. The van der Waals surface area contributed by atoms with E-state index in [1.54, 1.807) is 26.4 Å². The van der Waals surface area contributed by atoms with Crippen molar-refractivity contribution in [3.63, 3.8) is 0 Å². The molecule has 0 bridgehead atoms. The molecule has 8 nitrogen and oxygen atoms in total. The number of fused-ring (bicyclic) bond motifs is 3. The lowest BCUT2D eigenvalue weighted by Gasteiger charge is -2.38. The molecule has 180 valence electrons. The van der Waals surface area contributed by atoms with Gasteiger partial charge in [-0.05, 0) is 35.7 Å². The van der Waals surface area contributed by atoms with Gasteiger partial charge in [0.05, 0.1) is 30.9 Å². The Bertz CT molecular complexity index is 1300. The predicted octanol–water partition coefficient (Wildman–Crippen LogP) is 5.98. The van der Waals surface area contributed by atoms with Crippen LogP contribution in [-0.2, 0) is 0 Å². The molecule has 0 N–H and O–H groups in total. The summed E-state index contributed by atoms with van der Waals surface area (Å²) < 4.78 is 17.2. The molecule has 0 aliphatic carbocycles. The van der Waals surface area contributed by atoms with Crippen LogP contribution in [-0.4, -0.2) is 29.9 Å². The summed E-state index contributed by atoms with van der Waals surface area (Å²) >= 11 is 0. The van der Waals surface area contributed by atoms with Crippen LogP contribution in [0.4, 0.5) is 5.69 Å². The summed E-state index contributed by atoms with van der Waals surface area (Å²) in [6.07, 6.45) is 0.126. The Morgan fingerprint density at radius 1 is 1.03 bits per heavy atom. The molecular formula is C27H27N3O5. The summed E-state index contributed by atoms with van der Waals surface area (Å²) in [4.78, 5) is 11.1. The van der Waals surface area contributed by atoms with Gasteiger partial charge in [-0.25, -0.2) is 5.01 Å². The number of hydrogen-bond donors (Lipinski definition) is 0. The summed E-state index contributed by atoms with van der Waals surface area (Å²) in [7, 11) is 3.20. The number of hydrazone groups is 1. The van der Waals surface area contributed by atoms with Crippen LogP contribution in [0.25, 0.3) is 0 Å². The molecule has 2 heterocycles. The highest BCUT2D eigenvalue weighted by Crippen LogP contribution is 2.48. The molecule has 0 saturated heterocycles. The molecule has 0 aromatic heterocycles. The number of nitrogens with zero attached hydrogens (tertiary/aromatic N) is 3. The fourth-order valence-electron chi connectivity index (χ4n) is 4.64. The lowest BCUT2D eigenvalue weighted by Crippen LogP contribution is -2.33. The second-order valence-electron chi connectivity index (χ2n) is 8.99. The van der Waals surface area contributed by atoms with Crippen LogP contribution in [0.3, 0.4) is 0 Å². The molecule has 0 radical (unpaired) electrons. The Labute approximate surface area is 203 Å². The van der Waals surface area contributed by atoms with Gasteiger partial charge in [-0.1, -0.05) is 38.1 Å². The van der Waals surface area contributed by atoms with E-state index in [0.29, 0.717) is 29.6 Å². The molecule has 8 heteroatoms. The van der Waals surface area contributed by atoms with Crippen molar-refractivity contribution in [1.29, 1.82) is 0 Å². The molecular weight excluding hydrogens is 446 g/mol. The highest BCUT2D eigenvalue weighted by atomic mass is 16.6. The molecule has 0 amide bonds. The summed E-state index contributed by atoms with van der Waals surface area (Å²) in [6.45, 7) is 4.32. The summed E-state index contributed by atoms with van der Waals surface area (Å²) in [6, 6.07) is 18.6. The van der Waals surface area contributed by atoms with E-state index in [1.165, 1.54) is 11.6 Å². The molecule has 3 aromatic rings. The third-order valence-corrected chi connectivity index (χ3v) is 6.59. The summed E-state index contributed by atoms with van der Waals surface area (Å²) in [5.74, 6) is 2.32. The van der Waals surface area contributed by atoms with E-state index in [9.17, 15) is 10.1 Å². The molecule has 5 rings (SSSR count). The Hall–Kier alpha value is -4.07. The van der Waals surface area contributed by atoms with Crippen LogP contribution in [0, 0.1) is 10.1 Å². The lowest BCUT2D eigenvalue weighted by molar-refractivity contribution is -0.385. The van der Waals surface area contributed by atoms with Crippen molar-refractivity contribution in [2.75, 3.05) is 14.2 Å². The third-order valence-electron chi connectivity index (χ3n) is 6.59. The zero-order valence-corrected chi connectivity index (χ0v) is 20.1. The zero-order chi connectivity index (χ0) is 24.7. The first-order valence-corrected chi connectivity index (χ1v) is 11.5. The summed E-state index contributed by atoms with van der Waals surface area (Å²) in [5, 5.41) is 18.3. The Morgan fingerprint density at radius 2 is 1.77 bits per heavy atom. The van der Waals surface area contributed by atoms with E-state index in [4.69, 9.17) is 19.3 Å². The largest absolute Gasteiger partial charge is 0.493 e. The van der Waals surface area contributed by atoms with Crippen LogP contribution in [0.5, 0.6) is 17.2 Å². The van der Waals surface area contributed by atoms with Gasteiger partial charge in [-0.3, -0.25) is 10.1 Å². The molecule has 2 aliphatic rings. The van der Waals surface area contributed by atoms with Crippen LogP contribution < -0.4 is 14.2 Å². The number of nitro groups is 1. The number of rotatable bonds is 6. The van der Waals surface area contributed by atoms with Gasteiger partial charge in [0.15, 0.2) is 11.5 Å². The van der Waals surface area contributed by atoms with Crippen LogP contribution >= 0.6 is 0 Å². The molecule has 0 saturated carbocycles. The van der Waals surface area contributed by atoms with Crippen LogP contribution in [0.15, 0.2) is 65.8 Å². The second kappa shape index (κ2) is 8.94. The van der Waals surface area contributed by atoms with Crippen molar-refractivity contribution in [3.05, 3.63) is 93.0 Å². The molecule has 3 aromatic carbocycles. The Kier molecular flexibility index (Phi) is 5.80. The van der Waals surface area contributed by atoms with Crippen molar-refractivity contribution < 1.29 is 19.1 Å². The van der Waals surface area contributed by atoms with Crippen LogP contribution in [0.2, 0.25) is 0 Å². The standard InChI is InChI=1S/C27H27N3O5/c1-16(2)17-5-7-18(8-6-17)27-29-23(21-14-20(30(31)32)10-12-24(21)35-27)15-22(28-29)19-9-11-25(33-3)26(13-19)34-4/h5-14,16,23,27H,15H2,1-4H3/t23-,27-/m1/s1. The SMILES string of the molecule is COc1ccc(C2=NN3[C@H](C2)c2cc([N+](=O)[O-])ccc2O[C@@H]3c2ccc(C(C)C)cc2)cc1OC. The number of ether oxygens (including phenoxy) is 3. The first-order chi connectivity index (χ1) is 16.9. The van der Waals surface area contributed by atoms with Crippen molar-refractivity contribution in [2.24, 2.45) is 5.10 Å². The monoisotopic (exact) mass is 473 g/mol. The number of methoxy groups -OCH3 is 2. The van der Waals surface area contributed by atoms with E-state index >= 15 is 0 Å². The van der Waals surface area contributed by atoms with Gasteiger partial charge in [0.2, 0.25) is 6.23 Å². The van der Waals surface area contributed by atoms with E-state index in [0.717, 1.165) is 22.4 Å². The molecule has 2 atom stereocenters. The number of non-ortho nitro benzene ring substituents is 1. The van der Waals surface area contributed by atoms with Crippen molar-refractivity contribution in [1.82, 2.24) is 5.01 Å². The maximum Gasteiger partial charge on any atom is 0.270 e. The number of nitro benzene ring substituents is 1. The van der Waals surface area contributed by atoms with Gasteiger partial charge in [-0.15, -0.1) is 0 Å². The first kappa shape index (κ1) is 22.7. The Morgan fingerprint density at radius 3 is 2.43 bits per heavy atom. The van der Waals surface area contributed by atoms with Gasteiger partial charge in [-0.2, -0.15) is 5.10 Å². The van der Waals surface area contributed by atoms with E-state index in [2.05, 4.69) is 38.1 Å². The quantitative estimate of drug-likeness (QED) is 0.323. The van der Waals surface area contributed by atoms with E-state index in [-0.39, 0.29) is 16.7 Å². The van der Waals surface area contributed by atoms with Gasteiger partial charge in [0.1, 0.15) is 5.75 Å². The van der Waals surface area contributed by atoms with Crippen molar-refractivity contribution >= 4 is 11.4 Å². The smallest absolute Gasteiger partial charge is 0.270 e. The molecule has 0 fully saturated rings. The zero-order valence-electron chi connectivity index (χ0n) is 20.1. The van der Waals surface area contributed by atoms with Gasteiger partial charge < -0.3 is 14.2 Å². The number of hydrogen-bond acceptors (Lipinski definition) is 7. The van der Waals surface area contributed by atoms with E-state index < -0.39 is 6.23 Å². The van der Waals surface area contributed by atoms with Crippen molar-refractivity contribution in [2.45, 2.75) is 38.5 Å². The molecule has 0 spiro atoms. The maximum atomic E-state index is 11.5. The van der Waals surface area contributed by atoms with E-state index in [1.807, 2.05) is 23.2 Å². The second-order valence-corrected chi connectivity index (χ2v) is 8.99. The normalized spacial score (nSPS) is 18.4. The van der Waals surface area contributed by atoms with Gasteiger partial charge >= 0.3 is 0 Å². The fraction of sp³-hybridized carbons (Fsp3) is 0.296. The molecule has 35 heavy (non-hydrogen) atoms. The summed E-state index contributed by atoms with van der Waals surface area (Å²) in [5.41, 5.74) is 4.76.